The molecule has 90 valence electrons. The summed E-state index contributed by atoms with van der Waals surface area (Å²) in [4.78, 5) is 4.46. The summed E-state index contributed by atoms with van der Waals surface area (Å²) in [6.07, 6.45) is 0. The van der Waals surface area contributed by atoms with Crippen LogP contribution in [0.3, 0.4) is 0 Å². The number of aromatic nitrogens is 1. The van der Waals surface area contributed by atoms with Crippen molar-refractivity contribution in [1.29, 1.82) is 0 Å². The highest BCUT2D eigenvalue weighted by atomic mass is 79.9. The molecule has 3 nitrogen and oxygen atoms in total. The van der Waals surface area contributed by atoms with Crippen LogP contribution in [0.25, 0.3) is 22.6 Å². The average Bonchev–Trinajstić information content (AvgIpc) is 2.78. The minimum atomic E-state index is 0.581. The predicted molar refractivity (Wildman–Crippen MR) is 79.3 cm³/mol. The number of fused-ring (bicyclic) bond motifs is 1. The minimum absolute atomic E-state index is 0.581. The molecule has 2 aromatic carbocycles. The predicted octanol–water partition coefficient (Wildman–Crippen LogP) is 4.60. The van der Waals surface area contributed by atoms with Gasteiger partial charge in [0.25, 0.3) is 0 Å². The van der Waals surface area contributed by atoms with Gasteiger partial charge in [-0.2, -0.15) is 0 Å². The van der Waals surface area contributed by atoms with Gasteiger partial charge in [-0.15, -0.1) is 0 Å². The number of halogens is 2. The van der Waals surface area contributed by atoms with Crippen LogP contribution in [0.5, 0.6) is 0 Å². The molecule has 3 rings (SSSR count). The molecule has 0 unspecified atom stereocenters. The number of para-hydroxylation sites is 1. The number of rotatable bonds is 1. The van der Waals surface area contributed by atoms with Gasteiger partial charge in [0.15, 0.2) is 5.58 Å². The van der Waals surface area contributed by atoms with E-state index in [1.165, 1.54) is 0 Å². The number of benzene rings is 2. The normalized spacial score (nSPS) is 11.0. The van der Waals surface area contributed by atoms with Gasteiger partial charge < -0.3 is 10.2 Å². The zero-order valence-electron chi connectivity index (χ0n) is 9.15. The maximum Gasteiger partial charge on any atom is 0.227 e. The molecule has 0 fully saturated rings. The Hall–Kier alpha value is -1.33. The molecule has 1 heterocycles. The summed E-state index contributed by atoms with van der Waals surface area (Å²) in [7, 11) is 0. The van der Waals surface area contributed by atoms with Crippen LogP contribution in [0.4, 0.5) is 5.69 Å². The monoisotopic (exact) mass is 366 g/mol. The lowest BCUT2D eigenvalue weighted by Crippen LogP contribution is -1.86. The number of anilines is 1. The molecule has 0 saturated heterocycles. The lowest BCUT2D eigenvalue weighted by Gasteiger charge is -1.99. The first-order chi connectivity index (χ1) is 8.65. The van der Waals surface area contributed by atoms with Gasteiger partial charge in [0.2, 0.25) is 5.89 Å². The Morgan fingerprint density at radius 3 is 2.61 bits per heavy atom. The van der Waals surface area contributed by atoms with Crippen LogP contribution in [0, 0.1) is 0 Å². The molecule has 0 amide bonds. The van der Waals surface area contributed by atoms with Crippen molar-refractivity contribution < 1.29 is 4.42 Å². The third kappa shape index (κ3) is 1.93. The molecule has 0 radical (unpaired) electrons. The second-order valence-electron chi connectivity index (χ2n) is 3.84. The van der Waals surface area contributed by atoms with E-state index in [2.05, 4.69) is 36.8 Å². The number of nitrogen functional groups attached to an aromatic ring is 1. The number of hydrogen-bond donors (Lipinski definition) is 1. The second-order valence-corrected chi connectivity index (χ2v) is 5.55. The molecule has 0 aliphatic rings. The first kappa shape index (κ1) is 11.7. The van der Waals surface area contributed by atoms with Crippen molar-refractivity contribution in [2.75, 3.05) is 5.73 Å². The maximum absolute atomic E-state index is 5.76. The molecule has 0 atom stereocenters. The van der Waals surface area contributed by atoms with Gasteiger partial charge in [-0.1, -0.05) is 6.07 Å². The third-order valence-corrected chi connectivity index (χ3v) is 3.93. The van der Waals surface area contributed by atoms with Gasteiger partial charge in [-0.05, 0) is 62.2 Å². The first-order valence-electron chi connectivity index (χ1n) is 5.25. The van der Waals surface area contributed by atoms with Crippen LogP contribution in [-0.4, -0.2) is 4.98 Å². The van der Waals surface area contributed by atoms with Gasteiger partial charge >= 0.3 is 0 Å². The van der Waals surface area contributed by atoms with E-state index in [-0.39, 0.29) is 0 Å². The minimum Gasteiger partial charge on any atom is -0.435 e. The number of nitrogens with zero attached hydrogens (tertiary/aromatic N) is 1. The zero-order chi connectivity index (χ0) is 12.7. The van der Waals surface area contributed by atoms with E-state index in [1.807, 2.05) is 36.4 Å². The van der Waals surface area contributed by atoms with E-state index >= 15 is 0 Å². The molecule has 5 heteroatoms. The summed E-state index contributed by atoms with van der Waals surface area (Å²) in [6.45, 7) is 0. The Morgan fingerprint density at radius 2 is 1.89 bits per heavy atom. The highest BCUT2D eigenvalue weighted by molar-refractivity contribution is 9.11. The van der Waals surface area contributed by atoms with Crippen LogP contribution < -0.4 is 5.73 Å². The molecule has 1 aromatic heterocycles. The van der Waals surface area contributed by atoms with Crippen LogP contribution >= 0.6 is 31.9 Å². The van der Waals surface area contributed by atoms with Crippen molar-refractivity contribution >= 4 is 48.6 Å². The van der Waals surface area contributed by atoms with Gasteiger partial charge in [-0.25, -0.2) is 4.98 Å². The first-order valence-corrected chi connectivity index (χ1v) is 6.84. The molecule has 0 spiro atoms. The molecular weight excluding hydrogens is 360 g/mol. The lowest BCUT2D eigenvalue weighted by atomic mass is 10.2. The van der Waals surface area contributed by atoms with E-state index in [0.29, 0.717) is 11.6 Å². The lowest BCUT2D eigenvalue weighted by molar-refractivity contribution is 0.618. The van der Waals surface area contributed by atoms with E-state index in [1.54, 1.807) is 0 Å². The van der Waals surface area contributed by atoms with E-state index in [4.69, 9.17) is 10.2 Å². The number of nitrogens with two attached hydrogens (primary N) is 1. The molecular formula is C13H8Br2N2O. The van der Waals surface area contributed by atoms with Crippen LogP contribution in [-0.2, 0) is 0 Å². The molecule has 2 N–H and O–H groups in total. The fraction of sp³-hybridized carbons (Fsp3) is 0. The Morgan fingerprint density at radius 1 is 1.06 bits per heavy atom. The van der Waals surface area contributed by atoms with Crippen molar-refractivity contribution in [3.8, 4) is 11.5 Å². The highest BCUT2D eigenvalue weighted by Crippen LogP contribution is 2.31. The number of hydrogen-bond acceptors (Lipinski definition) is 3. The van der Waals surface area contributed by atoms with Gasteiger partial charge in [0, 0.05) is 15.7 Å². The Balaban J connectivity index is 2.19. The quantitative estimate of drug-likeness (QED) is 0.639. The summed E-state index contributed by atoms with van der Waals surface area (Å²) < 4.78 is 7.49. The molecule has 0 bridgehead atoms. The fourth-order valence-electron chi connectivity index (χ4n) is 1.70. The largest absolute Gasteiger partial charge is 0.435 e. The second kappa shape index (κ2) is 4.40. The summed E-state index contributed by atoms with van der Waals surface area (Å²) in [6, 6.07) is 11.4. The van der Waals surface area contributed by atoms with Crippen LogP contribution in [0.1, 0.15) is 0 Å². The zero-order valence-corrected chi connectivity index (χ0v) is 12.3. The van der Waals surface area contributed by atoms with E-state index in [9.17, 15) is 0 Å². The summed E-state index contributed by atoms with van der Waals surface area (Å²) in [5, 5.41) is 0. The van der Waals surface area contributed by atoms with E-state index < -0.39 is 0 Å². The Kier molecular flexibility index (Phi) is 2.87. The van der Waals surface area contributed by atoms with Crippen molar-refractivity contribution in [1.82, 2.24) is 4.98 Å². The SMILES string of the molecule is Nc1ccc(-c2nc3cccc(Br)c3o2)cc1Br. The highest BCUT2D eigenvalue weighted by Gasteiger charge is 2.11. The summed E-state index contributed by atoms with van der Waals surface area (Å²) in [5.74, 6) is 0.581. The third-order valence-electron chi connectivity index (χ3n) is 2.61. The maximum atomic E-state index is 5.76. The molecule has 3 aromatic rings. The van der Waals surface area contributed by atoms with Gasteiger partial charge in [-0.3, -0.25) is 0 Å². The molecule has 0 aliphatic heterocycles. The van der Waals surface area contributed by atoms with Crippen LogP contribution in [0.2, 0.25) is 0 Å². The fourth-order valence-corrected chi connectivity index (χ4v) is 2.51. The Bertz CT molecular complexity index is 737. The van der Waals surface area contributed by atoms with Gasteiger partial charge in [0.1, 0.15) is 5.52 Å². The average molecular weight is 368 g/mol. The summed E-state index contributed by atoms with van der Waals surface area (Å²) in [5.41, 5.74) is 8.92. The van der Waals surface area contributed by atoms with Crippen molar-refractivity contribution in [2.45, 2.75) is 0 Å². The number of oxazole rings is 1. The topological polar surface area (TPSA) is 52.0 Å². The smallest absolute Gasteiger partial charge is 0.227 e. The van der Waals surface area contributed by atoms with Crippen molar-refractivity contribution in [2.24, 2.45) is 0 Å². The van der Waals surface area contributed by atoms with Crippen molar-refractivity contribution in [3.63, 3.8) is 0 Å². The van der Waals surface area contributed by atoms with Crippen molar-refractivity contribution in [3.05, 3.63) is 45.3 Å². The van der Waals surface area contributed by atoms with E-state index in [0.717, 1.165) is 25.6 Å². The van der Waals surface area contributed by atoms with Crippen LogP contribution in [0.15, 0.2) is 49.8 Å². The molecule has 0 saturated carbocycles. The Labute approximate surface area is 120 Å². The standard InChI is InChI=1S/C13H8Br2N2O/c14-8-2-1-3-11-12(8)18-13(17-11)7-4-5-10(16)9(15)6-7/h1-6H,16H2. The van der Waals surface area contributed by atoms with Gasteiger partial charge in [0.05, 0.1) is 4.47 Å². The summed E-state index contributed by atoms with van der Waals surface area (Å²) >= 11 is 6.84. The molecule has 18 heavy (non-hydrogen) atoms. The molecule has 0 aliphatic carbocycles.